The van der Waals surface area contributed by atoms with Gasteiger partial charge < -0.3 is 15.8 Å². The summed E-state index contributed by atoms with van der Waals surface area (Å²) in [6.45, 7) is 7.14. The van der Waals surface area contributed by atoms with Crippen LogP contribution in [0, 0.1) is 5.92 Å². The summed E-state index contributed by atoms with van der Waals surface area (Å²) >= 11 is 0. The van der Waals surface area contributed by atoms with E-state index in [0.29, 0.717) is 6.54 Å². The van der Waals surface area contributed by atoms with E-state index in [1.165, 1.54) is 0 Å². The van der Waals surface area contributed by atoms with Gasteiger partial charge in [0.25, 0.3) is 0 Å². The summed E-state index contributed by atoms with van der Waals surface area (Å²) in [5, 5.41) is 3.06. The van der Waals surface area contributed by atoms with Gasteiger partial charge in [-0.3, -0.25) is 4.79 Å². The number of amides is 1. The molecule has 1 fully saturated rings. The van der Waals surface area contributed by atoms with Gasteiger partial charge in [0, 0.05) is 19.1 Å². The van der Waals surface area contributed by atoms with E-state index in [-0.39, 0.29) is 23.5 Å². The lowest BCUT2D eigenvalue weighted by Gasteiger charge is -2.30. The Bertz CT molecular complexity index is 229. The number of hydrogen-bond donors (Lipinski definition) is 2. The van der Waals surface area contributed by atoms with Crippen LogP contribution in [0.1, 0.15) is 33.6 Å². The van der Waals surface area contributed by atoms with Crippen molar-refractivity contribution in [3.63, 3.8) is 0 Å². The Morgan fingerprint density at radius 2 is 2.40 bits per heavy atom. The van der Waals surface area contributed by atoms with E-state index >= 15 is 0 Å². The molecule has 1 saturated heterocycles. The van der Waals surface area contributed by atoms with Crippen molar-refractivity contribution in [1.82, 2.24) is 5.32 Å². The lowest BCUT2D eigenvalue weighted by Crippen LogP contribution is -2.53. The first-order valence-corrected chi connectivity index (χ1v) is 5.67. The monoisotopic (exact) mass is 214 g/mol. The first kappa shape index (κ1) is 12.5. The number of carbonyl (C=O) groups is 1. The molecule has 1 aliphatic heterocycles. The molecule has 0 bridgehead atoms. The van der Waals surface area contributed by atoms with Gasteiger partial charge >= 0.3 is 0 Å². The zero-order valence-corrected chi connectivity index (χ0v) is 9.88. The second-order valence-electron chi connectivity index (χ2n) is 4.51. The first-order valence-electron chi connectivity index (χ1n) is 5.67. The Kier molecular flexibility index (Phi) is 4.11. The topological polar surface area (TPSA) is 64.4 Å². The molecule has 0 radical (unpaired) electrons. The van der Waals surface area contributed by atoms with Gasteiger partial charge in [-0.1, -0.05) is 6.92 Å². The predicted octanol–water partition coefficient (Wildman–Crippen LogP) is 0.655. The van der Waals surface area contributed by atoms with Crippen molar-refractivity contribution >= 4 is 5.91 Å². The highest BCUT2D eigenvalue weighted by atomic mass is 16.5. The van der Waals surface area contributed by atoms with Crippen molar-refractivity contribution in [2.45, 2.75) is 45.3 Å². The van der Waals surface area contributed by atoms with Crippen molar-refractivity contribution in [2.75, 3.05) is 13.2 Å². The summed E-state index contributed by atoms with van der Waals surface area (Å²) in [7, 11) is 0. The Balaban J connectivity index is 2.56. The molecule has 1 aliphatic rings. The Hall–Kier alpha value is -0.610. The Labute approximate surface area is 91.5 Å². The summed E-state index contributed by atoms with van der Waals surface area (Å²) in [4.78, 5) is 11.9. The standard InChI is InChI=1S/C11H22N2O2/c1-4-9(7-12)10(14)13-11(3)5-6-15-8(11)2/h8-9H,4-7,12H2,1-3H3,(H,13,14). The predicted molar refractivity (Wildman–Crippen MR) is 59.4 cm³/mol. The van der Waals surface area contributed by atoms with Gasteiger partial charge in [-0.15, -0.1) is 0 Å². The Morgan fingerprint density at radius 3 is 2.80 bits per heavy atom. The average Bonchev–Trinajstić information content (AvgIpc) is 2.48. The molecule has 15 heavy (non-hydrogen) atoms. The average molecular weight is 214 g/mol. The molecule has 0 spiro atoms. The third kappa shape index (κ3) is 2.69. The molecule has 3 N–H and O–H groups in total. The van der Waals surface area contributed by atoms with Crippen LogP contribution in [0.25, 0.3) is 0 Å². The highest BCUT2D eigenvalue weighted by Gasteiger charge is 2.39. The van der Waals surface area contributed by atoms with E-state index in [4.69, 9.17) is 10.5 Å². The largest absolute Gasteiger partial charge is 0.376 e. The molecule has 88 valence electrons. The van der Waals surface area contributed by atoms with Crippen molar-refractivity contribution < 1.29 is 9.53 Å². The summed E-state index contributed by atoms with van der Waals surface area (Å²) in [6, 6.07) is 0. The molecule has 1 amide bonds. The molecule has 4 heteroatoms. The van der Waals surface area contributed by atoms with Crippen LogP contribution in [-0.2, 0) is 9.53 Å². The van der Waals surface area contributed by atoms with Gasteiger partial charge in [-0.2, -0.15) is 0 Å². The van der Waals surface area contributed by atoms with Crippen LogP contribution in [0.3, 0.4) is 0 Å². The molecule has 1 heterocycles. The third-order valence-corrected chi connectivity index (χ3v) is 3.44. The zero-order chi connectivity index (χ0) is 11.5. The minimum absolute atomic E-state index is 0.0554. The minimum Gasteiger partial charge on any atom is -0.376 e. The van der Waals surface area contributed by atoms with E-state index < -0.39 is 0 Å². The van der Waals surface area contributed by atoms with E-state index in [1.54, 1.807) is 0 Å². The van der Waals surface area contributed by atoms with E-state index in [1.807, 2.05) is 20.8 Å². The molecular formula is C11H22N2O2. The fourth-order valence-electron chi connectivity index (χ4n) is 1.84. The number of rotatable bonds is 4. The SMILES string of the molecule is CCC(CN)C(=O)NC1(C)CCOC1C. The molecule has 3 atom stereocenters. The number of hydrogen-bond acceptors (Lipinski definition) is 3. The van der Waals surface area contributed by atoms with Crippen LogP contribution in [0.15, 0.2) is 0 Å². The maximum atomic E-state index is 11.9. The second-order valence-corrected chi connectivity index (χ2v) is 4.51. The third-order valence-electron chi connectivity index (χ3n) is 3.44. The number of ether oxygens (including phenoxy) is 1. The van der Waals surface area contributed by atoms with Crippen LogP contribution in [0.5, 0.6) is 0 Å². The number of nitrogens with one attached hydrogen (secondary N) is 1. The minimum atomic E-state index is -0.223. The van der Waals surface area contributed by atoms with Crippen LogP contribution in [-0.4, -0.2) is 30.7 Å². The summed E-state index contributed by atoms with van der Waals surface area (Å²) < 4.78 is 5.47. The van der Waals surface area contributed by atoms with Crippen molar-refractivity contribution in [1.29, 1.82) is 0 Å². The van der Waals surface area contributed by atoms with E-state index in [0.717, 1.165) is 19.4 Å². The highest BCUT2D eigenvalue weighted by Crippen LogP contribution is 2.25. The molecule has 0 aromatic heterocycles. The number of carbonyl (C=O) groups excluding carboxylic acids is 1. The van der Waals surface area contributed by atoms with Gasteiger partial charge in [-0.25, -0.2) is 0 Å². The normalized spacial score (nSPS) is 32.7. The summed E-state index contributed by atoms with van der Waals surface area (Å²) in [5.74, 6) is -0.0190. The van der Waals surface area contributed by atoms with Crippen LogP contribution in [0.2, 0.25) is 0 Å². The molecule has 1 rings (SSSR count). The van der Waals surface area contributed by atoms with Gasteiger partial charge in [0.15, 0.2) is 0 Å². The maximum Gasteiger partial charge on any atom is 0.224 e. The molecule has 0 saturated carbocycles. The molecule has 0 aliphatic carbocycles. The zero-order valence-electron chi connectivity index (χ0n) is 9.88. The van der Waals surface area contributed by atoms with E-state index in [9.17, 15) is 4.79 Å². The molecular weight excluding hydrogens is 192 g/mol. The molecule has 3 unspecified atom stereocenters. The lowest BCUT2D eigenvalue weighted by molar-refractivity contribution is -0.127. The quantitative estimate of drug-likeness (QED) is 0.722. The highest BCUT2D eigenvalue weighted by molar-refractivity contribution is 5.79. The van der Waals surface area contributed by atoms with E-state index in [2.05, 4.69) is 5.32 Å². The van der Waals surface area contributed by atoms with Crippen LogP contribution < -0.4 is 11.1 Å². The molecule has 0 aromatic carbocycles. The lowest BCUT2D eigenvalue weighted by atomic mass is 9.93. The fraction of sp³-hybridized carbons (Fsp3) is 0.909. The van der Waals surface area contributed by atoms with Gasteiger partial charge in [0.1, 0.15) is 0 Å². The number of nitrogens with two attached hydrogens (primary N) is 1. The van der Waals surface area contributed by atoms with Crippen molar-refractivity contribution in [3.05, 3.63) is 0 Å². The van der Waals surface area contributed by atoms with Crippen LogP contribution >= 0.6 is 0 Å². The smallest absolute Gasteiger partial charge is 0.224 e. The Morgan fingerprint density at radius 1 is 1.73 bits per heavy atom. The molecule has 4 nitrogen and oxygen atoms in total. The summed E-state index contributed by atoms with van der Waals surface area (Å²) in [5.41, 5.74) is 5.32. The van der Waals surface area contributed by atoms with Crippen molar-refractivity contribution in [3.8, 4) is 0 Å². The molecule has 0 aromatic rings. The second kappa shape index (κ2) is 4.94. The first-order chi connectivity index (χ1) is 7.03. The van der Waals surface area contributed by atoms with Gasteiger partial charge in [-0.05, 0) is 26.7 Å². The summed E-state index contributed by atoms with van der Waals surface area (Å²) in [6.07, 6.45) is 1.74. The van der Waals surface area contributed by atoms with Crippen LogP contribution in [0.4, 0.5) is 0 Å². The fourth-order valence-corrected chi connectivity index (χ4v) is 1.84. The van der Waals surface area contributed by atoms with Gasteiger partial charge in [0.05, 0.1) is 11.6 Å². The maximum absolute atomic E-state index is 11.9. The van der Waals surface area contributed by atoms with Crippen molar-refractivity contribution in [2.24, 2.45) is 11.7 Å². The van der Waals surface area contributed by atoms with Gasteiger partial charge in [0.2, 0.25) is 5.91 Å².